The second-order valence-electron chi connectivity index (χ2n) is 3.71. The van der Waals surface area contributed by atoms with Gasteiger partial charge in [0, 0.05) is 23.9 Å². The third kappa shape index (κ3) is 195. The zero-order valence-corrected chi connectivity index (χ0v) is 16.3. The quantitative estimate of drug-likeness (QED) is 0.519. The molecule has 0 unspecified atom stereocenters. The number of unbranched alkanes of at least 4 members (excludes halogenated alkanes) is 3. The van der Waals surface area contributed by atoms with Crippen molar-refractivity contribution < 1.29 is 0 Å². The van der Waals surface area contributed by atoms with Crippen molar-refractivity contribution >= 4 is 23.9 Å². The van der Waals surface area contributed by atoms with Gasteiger partial charge < -0.3 is 0 Å². The first-order chi connectivity index (χ1) is 7.16. The molecule has 0 aliphatic carbocycles. The smallest absolute Gasteiger partial charge is 0 e. The first-order valence-electron chi connectivity index (χ1n) is 7.16. The van der Waals surface area contributed by atoms with E-state index in [4.69, 9.17) is 0 Å². The van der Waals surface area contributed by atoms with Crippen LogP contribution in [0.15, 0.2) is 0 Å². The van der Waals surface area contributed by atoms with Crippen LogP contribution in [0.2, 0.25) is 0 Å². The van der Waals surface area contributed by atoms with E-state index in [0.29, 0.717) is 0 Å². The van der Waals surface area contributed by atoms with E-state index in [9.17, 15) is 0 Å². The monoisotopic (exact) mass is 338 g/mol. The van der Waals surface area contributed by atoms with E-state index >= 15 is 0 Å². The third-order valence-electron chi connectivity index (χ3n) is 1.50. The van der Waals surface area contributed by atoms with Gasteiger partial charge in [-0.15, -0.1) is 0 Å². The maximum absolute atomic E-state index is 2.18. The molecule has 0 saturated carbocycles. The van der Waals surface area contributed by atoms with Crippen molar-refractivity contribution in [1.82, 2.24) is 0 Å². The van der Waals surface area contributed by atoms with Gasteiger partial charge in [0.2, 0.25) is 0 Å². The van der Waals surface area contributed by atoms with E-state index in [2.05, 4.69) is 55.4 Å². The average molecular weight is 337 g/mol. The summed E-state index contributed by atoms with van der Waals surface area (Å²) in [4.78, 5) is 0. The first-order valence-corrected chi connectivity index (χ1v) is 7.16. The van der Waals surface area contributed by atoms with Gasteiger partial charge in [-0.2, -0.15) is 0 Å². The van der Waals surface area contributed by atoms with E-state index in [-0.39, 0.29) is 23.9 Å². The Hall–Kier alpha value is 0.799. The maximum Gasteiger partial charge on any atom is 0 e. The molecule has 16 heavy (non-hydrogen) atoms. The second kappa shape index (κ2) is 56.9. The molecule has 0 saturated heterocycles. The van der Waals surface area contributed by atoms with Gasteiger partial charge in [0.1, 0.15) is 0 Å². The Morgan fingerprint density at radius 1 is 0.375 bits per heavy atom. The Kier molecular flexibility index (Phi) is 107. The van der Waals surface area contributed by atoms with Crippen molar-refractivity contribution in [1.29, 1.82) is 0 Å². The number of rotatable bonds is 3. The van der Waals surface area contributed by atoms with Crippen molar-refractivity contribution in [3.8, 4) is 0 Å². The second-order valence-corrected chi connectivity index (χ2v) is 3.71. The van der Waals surface area contributed by atoms with Gasteiger partial charge >= 0.3 is 0 Å². The molecule has 0 heterocycles. The zero-order chi connectivity index (χ0) is 12.9. The van der Waals surface area contributed by atoms with Crippen LogP contribution in [-0.4, -0.2) is 23.9 Å². The van der Waals surface area contributed by atoms with E-state index in [1.165, 1.54) is 44.9 Å². The molecule has 102 valence electrons. The summed E-state index contributed by atoms with van der Waals surface area (Å²) >= 11 is 0. The summed E-state index contributed by atoms with van der Waals surface area (Å²) in [6, 6.07) is 0. The van der Waals surface area contributed by atoms with Crippen LogP contribution in [0, 0.1) is 0 Å². The molecule has 0 N–H and O–H groups in total. The molecule has 0 bridgehead atoms. The van der Waals surface area contributed by atoms with Crippen molar-refractivity contribution in [2.75, 3.05) is 0 Å². The van der Waals surface area contributed by atoms with E-state index < -0.39 is 0 Å². The minimum absolute atomic E-state index is 0. The van der Waals surface area contributed by atoms with Gasteiger partial charge in [0.25, 0.3) is 0 Å². The summed E-state index contributed by atoms with van der Waals surface area (Å²) < 4.78 is 0. The van der Waals surface area contributed by atoms with Crippen LogP contribution >= 0.6 is 0 Å². The molecular formula is C15H38Sn. The maximum atomic E-state index is 2.18. The molecule has 0 aliphatic heterocycles. The molecule has 0 rings (SSSR count). The molecule has 4 radical (unpaired) electrons. The number of hydrogen-bond acceptors (Lipinski definition) is 0. The van der Waals surface area contributed by atoms with Crippen LogP contribution < -0.4 is 0 Å². The summed E-state index contributed by atoms with van der Waals surface area (Å²) in [6.45, 7) is 17.3. The molecule has 0 aromatic carbocycles. The Labute approximate surface area is 124 Å². The molecule has 0 aromatic heterocycles. The normalized spacial score (nSPS) is 6.75. The Morgan fingerprint density at radius 3 is 0.438 bits per heavy atom. The summed E-state index contributed by atoms with van der Waals surface area (Å²) in [6.07, 6.45) is 9.17. The Morgan fingerprint density at radius 2 is 0.438 bits per heavy atom. The minimum Gasteiger partial charge on any atom is -0.0656 e. The van der Waals surface area contributed by atoms with Crippen molar-refractivity contribution in [3.05, 3.63) is 0 Å². The fourth-order valence-corrected chi connectivity index (χ4v) is 0. The summed E-state index contributed by atoms with van der Waals surface area (Å²) in [5.74, 6) is 0. The fourth-order valence-electron chi connectivity index (χ4n) is 0. The van der Waals surface area contributed by atoms with Gasteiger partial charge in [0.05, 0.1) is 0 Å². The van der Waals surface area contributed by atoms with Crippen LogP contribution in [0.1, 0.15) is 100 Å². The molecule has 0 aliphatic rings. The number of hydrogen-bond donors (Lipinski definition) is 0. The van der Waals surface area contributed by atoms with Gasteiger partial charge in [-0.25, -0.2) is 0 Å². The van der Waals surface area contributed by atoms with E-state index in [1.54, 1.807) is 0 Å². The van der Waals surface area contributed by atoms with E-state index in [1.807, 2.05) is 0 Å². The zero-order valence-electron chi connectivity index (χ0n) is 13.4. The molecule has 0 atom stereocenters. The largest absolute Gasteiger partial charge is 0.0656 e. The van der Waals surface area contributed by atoms with E-state index in [0.717, 1.165) is 0 Å². The van der Waals surface area contributed by atoms with Gasteiger partial charge in [0.15, 0.2) is 0 Å². The standard InChI is InChI=1S/3C4H10.C3H8.Sn/c3*1-3-4-2;1-3-2;/h3*3-4H2,1-2H3;3H2,1-2H3;. The molecule has 0 spiro atoms. The minimum atomic E-state index is 0. The van der Waals surface area contributed by atoms with Crippen LogP contribution in [0.3, 0.4) is 0 Å². The summed E-state index contributed by atoms with van der Waals surface area (Å²) in [7, 11) is 0. The van der Waals surface area contributed by atoms with Crippen molar-refractivity contribution in [2.24, 2.45) is 0 Å². The fraction of sp³-hybridized carbons (Fsp3) is 1.00. The van der Waals surface area contributed by atoms with Crippen molar-refractivity contribution in [3.63, 3.8) is 0 Å². The molecule has 0 aromatic rings. The topological polar surface area (TPSA) is 0 Å². The molecule has 0 nitrogen and oxygen atoms in total. The molecule has 0 fully saturated rings. The van der Waals surface area contributed by atoms with Gasteiger partial charge in [-0.3, -0.25) is 0 Å². The van der Waals surface area contributed by atoms with Crippen LogP contribution in [-0.2, 0) is 0 Å². The van der Waals surface area contributed by atoms with Crippen molar-refractivity contribution in [2.45, 2.75) is 100 Å². The summed E-state index contributed by atoms with van der Waals surface area (Å²) in [5, 5.41) is 0. The SMILES string of the molecule is CCC.CCCC.CCCC.CCCC.[Sn]. The predicted molar refractivity (Wildman–Crippen MR) is 83.5 cm³/mol. The third-order valence-corrected chi connectivity index (χ3v) is 1.50. The van der Waals surface area contributed by atoms with Gasteiger partial charge in [-0.05, 0) is 0 Å². The van der Waals surface area contributed by atoms with Crippen LogP contribution in [0.25, 0.3) is 0 Å². The molecule has 1 heteroatoms. The molecular weight excluding hydrogens is 299 g/mol. The predicted octanol–water partition coefficient (Wildman–Crippen LogP) is 6.45. The van der Waals surface area contributed by atoms with Crippen LogP contribution in [0.4, 0.5) is 0 Å². The average Bonchev–Trinajstić information content (AvgIpc) is 2.30. The Bertz CT molecular complexity index is 29.2. The van der Waals surface area contributed by atoms with Gasteiger partial charge in [-0.1, -0.05) is 100 Å². The molecule has 0 amide bonds. The first kappa shape index (κ1) is 30.1. The summed E-state index contributed by atoms with van der Waals surface area (Å²) in [5.41, 5.74) is 0. The Balaban J connectivity index is -0.0000000331. The van der Waals surface area contributed by atoms with Crippen LogP contribution in [0.5, 0.6) is 0 Å².